The van der Waals surface area contributed by atoms with E-state index in [1.807, 2.05) is 36.5 Å². The maximum Gasteiger partial charge on any atom is 0.229 e. The SMILES string of the molecule is N#Cc1ccc(C2CC(CC(=O)Nc3ccc4cc3CCc3cncc(c3)Nc3ncc(Cl)c(n3)N4)CCN2)nc1. The lowest BCUT2D eigenvalue weighted by molar-refractivity contribution is -0.117. The molecule has 206 valence electrons. The second-order valence-electron chi connectivity index (χ2n) is 10.3. The third-order valence-electron chi connectivity index (χ3n) is 7.38. The van der Waals surface area contributed by atoms with Gasteiger partial charge < -0.3 is 21.3 Å². The van der Waals surface area contributed by atoms with Gasteiger partial charge in [-0.25, -0.2) is 4.98 Å². The molecule has 2 atom stereocenters. The third kappa shape index (κ3) is 6.43. The number of aryl methyl sites for hydroxylation is 2. The van der Waals surface area contributed by atoms with Gasteiger partial charge in [-0.2, -0.15) is 10.2 Å². The highest BCUT2D eigenvalue weighted by Gasteiger charge is 2.26. The van der Waals surface area contributed by atoms with E-state index in [0.717, 1.165) is 59.7 Å². The minimum absolute atomic E-state index is 0.0142. The number of hydrogen-bond acceptors (Lipinski definition) is 9. The minimum Gasteiger partial charge on any atom is -0.339 e. The molecule has 11 heteroatoms. The van der Waals surface area contributed by atoms with Crippen LogP contribution in [0.1, 0.15) is 47.7 Å². The van der Waals surface area contributed by atoms with E-state index >= 15 is 0 Å². The second kappa shape index (κ2) is 11.9. The maximum atomic E-state index is 13.3. The van der Waals surface area contributed by atoms with E-state index in [9.17, 15) is 4.79 Å². The van der Waals surface area contributed by atoms with Crippen molar-refractivity contribution in [1.29, 1.82) is 5.26 Å². The van der Waals surface area contributed by atoms with Crippen molar-refractivity contribution < 1.29 is 4.79 Å². The molecule has 0 saturated carbocycles. The van der Waals surface area contributed by atoms with Crippen LogP contribution >= 0.6 is 11.6 Å². The molecule has 0 spiro atoms. The topological polar surface area (TPSA) is 141 Å². The smallest absolute Gasteiger partial charge is 0.229 e. The van der Waals surface area contributed by atoms with Crippen LogP contribution in [0.15, 0.2) is 61.2 Å². The van der Waals surface area contributed by atoms with Crippen molar-refractivity contribution in [1.82, 2.24) is 25.3 Å². The van der Waals surface area contributed by atoms with Gasteiger partial charge in [-0.15, -0.1) is 0 Å². The summed E-state index contributed by atoms with van der Waals surface area (Å²) in [6.45, 7) is 0.811. The van der Waals surface area contributed by atoms with Crippen LogP contribution in [-0.4, -0.2) is 32.4 Å². The van der Waals surface area contributed by atoms with Gasteiger partial charge >= 0.3 is 0 Å². The van der Waals surface area contributed by atoms with Crippen LogP contribution in [0.3, 0.4) is 0 Å². The number of carbonyl (C=O) groups is 1. The number of benzene rings is 1. The summed E-state index contributed by atoms with van der Waals surface area (Å²) in [5.41, 5.74) is 5.86. The summed E-state index contributed by atoms with van der Waals surface area (Å²) in [5, 5.41) is 22.6. The number of nitriles is 1. The van der Waals surface area contributed by atoms with Crippen molar-refractivity contribution in [3.05, 3.63) is 88.6 Å². The van der Waals surface area contributed by atoms with Crippen LogP contribution in [0.5, 0.6) is 0 Å². The predicted octanol–water partition coefficient (Wildman–Crippen LogP) is 5.45. The van der Waals surface area contributed by atoms with Crippen molar-refractivity contribution in [2.45, 2.75) is 38.1 Å². The van der Waals surface area contributed by atoms with E-state index in [1.54, 1.807) is 24.7 Å². The van der Waals surface area contributed by atoms with Crippen LogP contribution in [0, 0.1) is 17.2 Å². The lowest BCUT2D eigenvalue weighted by Gasteiger charge is -2.29. The minimum atomic E-state index is -0.0142. The number of nitrogens with one attached hydrogen (secondary N) is 4. The number of carbonyl (C=O) groups excluding carboxylic acids is 1. The van der Waals surface area contributed by atoms with Crippen LogP contribution in [0.25, 0.3) is 0 Å². The molecule has 2 aliphatic rings. The third-order valence-corrected chi connectivity index (χ3v) is 7.66. The van der Waals surface area contributed by atoms with Gasteiger partial charge in [0.05, 0.1) is 29.3 Å². The van der Waals surface area contributed by atoms with E-state index in [1.165, 1.54) is 0 Å². The molecule has 1 amide bonds. The molecule has 1 saturated heterocycles. The highest BCUT2D eigenvalue weighted by Crippen LogP contribution is 2.31. The fourth-order valence-electron chi connectivity index (χ4n) is 5.30. The Morgan fingerprint density at radius 2 is 1.98 bits per heavy atom. The number of anilines is 5. The number of pyridine rings is 2. The molecule has 2 unspecified atom stereocenters. The summed E-state index contributed by atoms with van der Waals surface area (Å²) in [6, 6.07) is 13.7. The summed E-state index contributed by atoms with van der Waals surface area (Å²) in [4.78, 5) is 30.9. The van der Waals surface area contributed by atoms with Gasteiger partial charge in [0.1, 0.15) is 11.1 Å². The van der Waals surface area contributed by atoms with Crippen LogP contribution in [0.2, 0.25) is 5.02 Å². The lowest BCUT2D eigenvalue weighted by Crippen LogP contribution is -2.33. The number of halogens is 1. The fraction of sp³-hybridized carbons (Fsp3) is 0.267. The van der Waals surface area contributed by atoms with E-state index in [0.29, 0.717) is 35.2 Å². The molecule has 2 aliphatic heterocycles. The highest BCUT2D eigenvalue weighted by atomic mass is 35.5. The highest BCUT2D eigenvalue weighted by molar-refractivity contribution is 6.32. The molecule has 0 aliphatic carbocycles. The first-order valence-electron chi connectivity index (χ1n) is 13.5. The number of piperidine rings is 1. The van der Waals surface area contributed by atoms with Gasteiger partial charge in [-0.3, -0.25) is 14.8 Å². The summed E-state index contributed by atoms with van der Waals surface area (Å²) in [7, 11) is 0. The molecule has 4 N–H and O–H groups in total. The van der Waals surface area contributed by atoms with Gasteiger partial charge in [-0.05, 0) is 85.7 Å². The number of fused-ring (bicyclic) bond motifs is 6. The Balaban J connectivity index is 1.19. The Hall–Kier alpha value is -4.59. The molecule has 41 heavy (non-hydrogen) atoms. The summed E-state index contributed by atoms with van der Waals surface area (Å²) in [6.07, 6.45) is 10.3. The molecule has 1 aromatic carbocycles. The van der Waals surface area contributed by atoms with Crippen LogP contribution in [-0.2, 0) is 17.6 Å². The largest absolute Gasteiger partial charge is 0.339 e. The van der Waals surface area contributed by atoms with Gasteiger partial charge in [0.25, 0.3) is 0 Å². The molecule has 6 rings (SSSR count). The van der Waals surface area contributed by atoms with Crippen molar-refractivity contribution in [2.24, 2.45) is 5.92 Å². The molecular formula is C30H28ClN9O. The number of rotatable bonds is 4. The first-order chi connectivity index (χ1) is 20.0. The number of amides is 1. The number of hydrogen-bond donors (Lipinski definition) is 4. The Labute approximate surface area is 242 Å². The molecule has 5 heterocycles. The molecule has 6 bridgehead atoms. The Kier molecular flexibility index (Phi) is 7.71. The maximum absolute atomic E-state index is 13.3. The van der Waals surface area contributed by atoms with E-state index < -0.39 is 0 Å². The first-order valence-corrected chi connectivity index (χ1v) is 13.9. The zero-order valence-electron chi connectivity index (χ0n) is 22.2. The zero-order valence-corrected chi connectivity index (χ0v) is 22.9. The molecule has 10 nitrogen and oxygen atoms in total. The van der Waals surface area contributed by atoms with Gasteiger partial charge in [0, 0.05) is 36.2 Å². The fourth-order valence-corrected chi connectivity index (χ4v) is 5.44. The second-order valence-corrected chi connectivity index (χ2v) is 10.7. The Morgan fingerprint density at radius 1 is 1.05 bits per heavy atom. The Morgan fingerprint density at radius 3 is 2.83 bits per heavy atom. The van der Waals surface area contributed by atoms with Crippen molar-refractivity contribution in [3.63, 3.8) is 0 Å². The Bertz CT molecular complexity index is 1620. The monoisotopic (exact) mass is 565 g/mol. The summed E-state index contributed by atoms with van der Waals surface area (Å²) < 4.78 is 0. The zero-order chi connectivity index (χ0) is 28.2. The van der Waals surface area contributed by atoms with Crippen molar-refractivity contribution >= 4 is 46.3 Å². The number of nitrogens with zero attached hydrogens (tertiary/aromatic N) is 5. The van der Waals surface area contributed by atoms with Gasteiger partial charge in [0.2, 0.25) is 11.9 Å². The normalized spacial score (nSPS) is 17.9. The van der Waals surface area contributed by atoms with Crippen LogP contribution in [0.4, 0.5) is 28.8 Å². The van der Waals surface area contributed by atoms with Crippen LogP contribution < -0.4 is 21.3 Å². The predicted molar refractivity (Wildman–Crippen MR) is 157 cm³/mol. The van der Waals surface area contributed by atoms with Gasteiger partial charge in [-0.1, -0.05) is 11.6 Å². The standard InChI is InChI=1S/C30H28ClN9O/c31-24-17-36-30-38-23-9-19(14-33-16-23)1-3-21-12-22(37-29(24)40-30)4-6-25(21)39-28(41)11-18-7-8-34-27(10-18)26-5-2-20(13-32)15-35-26/h2,4-6,9,12,14-18,27,34H,1,3,7-8,10-11H2,(H,39,41)(H2,36,37,38,40). The van der Waals surface area contributed by atoms with E-state index in [-0.39, 0.29) is 17.9 Å². The summed E-state index contributed by atoms with van der Waals surface area (Å²) in [5.74, 6) is 1.10. The molecular weight excluding hydrogens is 538 g/mol. The molecule has 0 radical (unpaired) electrons. The quantitative estimate of drug-likeness (QED) is 0.254. The average Bonchev–Trinajstić information content (AvgIpc) is 2.99. The lowest BCUT2D eigenvalue weighted by atomic mass is 9.88. The van der Waals surface area contributed by atoms with E-state index in [4.69, 9.17) is 16.9 Å². The molecule has 3 aromatic heterocycles. The molecule has 4 aromatic rings. The van der Waals surface area contributed by atoms with Crippen molar-refractivity contribution in [3.8, 4) is 6.07 Å². The van der Waals surface area contributed by atoms with Crippen molar-refractivity contribution in [2.75, 3.05) is 22.5 Å². The first kappa shape index (κ1) is 26.6. The number of aromatic nitrogens is 4. The molecule has 1 fully saturated rings. The van der Waals surface area contributed by atoms with E-state index in [2.05, 4.69) is 47.3 Å². The summed E-state index contributed by atoms with van der Waals surface area (Å²) >= 11 is 6.38. The van der Waals surface area contributed by atoms with Gasteiger partial charge in [0.15, 0.2) is 5.82 Å². The average molecular weight is 566 g/mol.